The Balaban J connectivity index is 1.31. The first-order valence-electron chi connectivity index (χ1n) is 11.9. The summed E-state index contributed by atoms with van der Waals surface area (Å²) in [5.74, 6) is 0.608. The number of fused-ring (bicyclic) bond motifs is 1. The Kier molecular flexibility index (Phi) is 8.58. The number of nitrogens with one attached hydrogen (secondary N) is 2. The molecule has 1 saturated heterocycles. The van der Waals surface area contributed by atoms with E-state index in [0.29, 0.717) is 43.0 Å². The van der Waals surface area contributed by atoms with Gasteiger partial charge in [0.05, 0.1) is 32.4 Å². The second-order valence-corrected chi connectivity index (χ2v) is 9.64. The molecule has 0 bridgehead atoms. The van der Waals surface area contributed by atoms with E-state index in [0.717, 1.165) is 54.6 Å². The number of aryl methyl sites for hydroxylation is 1. The number of rotatable bonds is 8. The first-order chi connectivity index (χ1) is 17.1. The van der Waals surface area contributed by atoms with Gasteiger partial charge in [-0.3, -0.25) is 9.69 Å². The number of carbonyl (C=O) groups is 2. The van der Waals surface area contributed by atoms with Gasteiger partial charge >= 0.3 is 6.03 Å². The summed E-state index contributed by atoms with van der Waals surface area (Å²) in [6, 6.07) is 9.79. The smallest absolute Gasteiger partial charge is 0.317 e. The lowest BCUT2D eigenvalue weighted by atomic mass is 10.0. The van der Waals surface area contributed by atoms with Crippen molar-refractivity contribution in [3.8, 4) is 11.8 Å². The second kappa shape index (κ2) is 12.0. The number of urea groups is 1. The molecule has 2 aromatic rings. The van der Waals surface area contributed by atoms with Gasteiger partial charge in [0, 0.05) is 44.0 Å². The maximum Gasteiger partial charge on any atom is 0.317 e. The Labute approximate surface area is 209 Å². The highest BCUT2D eigenvalue weighted by molar-refractivity contribution is 7.16. The minimum atomic E-state index is -0.149. The normalized spacial score (nSPS) is 15.7. The molecule has 0 unspecified atom stereocenters. The van der Waals surface area contributed by atoms with Crippen molar-refractivity contribution in [2.75, 3.05) is 58.4 Å². The van der Waals surface area contributed by atoms with E-state index in [1.165, 1.54) is 11.3 Å². The molecule has 2 aliphatic heterocycles. The van der Waals surface area contributed by atoms with Crippen LogP contribution in [0.2, 0.25) is 0 Å². The minimum absolute atomic E-state index is 0.0989. The van der Waals surface area contributed by atoms with Gasteiger partial charge in [-0.15, -0.1) is 11.3 Å². The van der Waals surface area contributed by atoms with Crippen LogP contribution in [0, 0.1) is 11.3 Å². The van der Waals surface area contributed by atoms with Crippen LogP contribution < -0.4 is 15.4 Å². The van der Waals surface area contributed by atoms with Crippen molar-refractivity contribution in [2.45, 2.75) is 25.8 Å². The number of benzene rings is 1. The summed E-state index contributed by atoms with van der Waals surface area (Å²) in [4.78, 5) is 30.3. The summed E-state index contributed by atoms with van der Waals surface area (Å²) in [6.45, 7) is 5.63. The third-order valence-corrected chi connectivity index (χ3v) is 7.46. The predicted molar refractivity (Wildman–Crippen MR) is 134 cm³/mol. The van der Waals surface area contributed by atoms with E-state index < -0.39 is 0 Å². The molecule has 9 nitrogen and oxygen atoms in total. The molecule has 2 aliphatic rings. The minimum Gasteiger partial charge on any atom is -0.496 e. The summed E-state index contributed by atoms with van der Waals surface area (Å²) in [7, 11) is 1.61. The highest BCUT2D eigenvalue weighted by Crippen LogP contribution is 2.36. The number of morpholine rings is 1. The number of amides is 3. The summed E-state index contributed by atoms with van der Waals surface area (Å²) in [5.41, 5.74) is 2.42. The number of carbonyl (C=O) groups excluding carboxylic acids is 2. The lowest BCUT2D eigenvalue weighted by molar-refractivity contribution is -0.116. The average molecular weight is 498 g/mol. The number of ether oxygens (including phenoxy) is 2. The van der Waals surface area contributed by atoms with Gasteiger partial charge in [0.2, 0.25) is 5.91 Å². The molecular formula is C25H31N5O4S. The van der Waals surface area contributed by atoms with Gasteiger partial charge in [-0.2, -0.15) is 5.26 Å². The molecule has 2 N–H and O–H groups in total. The van der Waals surface area contributed by atoms with E-state index in [2.05, 4.69) is 21.6 Å². The number of nitrogens with zero attached hydrogens (tertiary/aromatic N) is 3. The third kappa shape index (κ3) is 6.31. The number of nitriles is 1. The molecule has 1 aromatic heterocycles. The standard InChI is InChI=1S/C25H31N5O4S/c1-33-21-5-3-2-4-18(21)6-7-23(31)28-24-20(16-26)19-8-10-30(17-22(19)35-24)25(32)27-9-11-29-12-14-34-15-13-29/h2-5H,6-15,17H2,1H3,(H,27,32)(H,28,31). The van der Waals surface area contributed by atoms with Crippen molar-refractivity contribution in [3.05, 3.63) is 45.8 Å². The van der Waals surface area contributed by atoms with Crippen LogP contribution in [0.25, 0.3) is 0 Å². The van der Waals surface area contributed by atoms with Gasteiger partial charge in [-0.05, 0) is 30.0 Å². The monoisotopic (exact) mass is 497 g/mol. The fourth-order valence-electron chi connectivity index (χ4n) is 4.39. The van der Waals surface area contributed by atoms with Crippen molar-refractivity contribution in [2.24, 2.45) is 0 Å². The Bertz CT molecular complexity index is 1090. The van der Waals surface area contributed by atoms with Gasteiger partial charge in [-0.25, -0.2) is 4.79 Å². The predicted octanol–water partition coefficient (Wildman–Crippen LogP) is 2.60. The number of hydrogen-bond donors (Lipinski definition) is 2. The Morgan fingerprint density at radius 1 is 1.23 bits per heavy atom. The molecule has 0 aliphatic carbocycles. The number of hydrogen-bond acceptors (Lipinski definition) is 7. The number of methoxy groups -OCH3 is 1. The van der Waals surface area contributed by atoms with Gasteiger partial charge in [-0.1, -0.05) is 18.2 Å². The van der Waals surface area contributed by atoms with Crippen molar-refractivity contribution in [3.63, 3.8) is 0 Å². The van der Waals surface area contributed by atoms with E-state index in [1.807, 2.05) is 24.3 Å². The largest absolute Gasteiger partial charge is 0.496 e. The fraction of sp³-hybridized carbons (Fsp3) is 0.480. The van der Waals surface area contributed by atoms with Crippen LogP contribution in [-0.2, 0) is 28.9 Å². The first-order valence-corrected chi connectivity index (χ1v) is 12.7. The molecule has 1 aromatic carbocycles. The average Bonchev–Trinajstić information content (AvgIpc) is 3.24. The van der Waals surface area contributed by atoms with Crippen LogP contribution in [0.5, 0.6) is 5.75 Å². The maximum atomic E-state index is 12.7. The zero-order valence-corrected chi connectivity index (χ0v) is 20.8. The molecule has 0 spiro atoms. The van der Waals surface area contributed by atoms with Crippen LogP contribution in [-0.4, -0.2) is 74.8 Å². The highest BCUT2D eigenvalue weighted by atomic mass is 32.1. The number of para-hydroxylation sites is 1. The molecule has 1 fully saturated rings. The maximum absolute atomic E-state index is 12.7. The molecule has 0 atom stereocenters. The Morgan fingerprint density at radius 3 is 2.80 bits per heavy atom. The van der Waals surface area contributed by atoms with Crippen molar-refractivity contribution < 1.29 is 19.1 Å². The van der Waals surface area contributed by atoms with Crippen molar-refractivity contribution in [1.82, 2.24) is 15.1 Å². The van der Waals surface area contributed by atoms with E-state index in [9.17, 15) is 14.9 Å². The summed E-state index contributed by atoms with van der Waals surface area (Å²) in [6.07, 6.45) is 1.43. The lowest BCUT2D eigenvalue weighted by Crippen LogP contribution is -2.46. The Hall–Kier alpha value is -3.13. The van der Waals surface area contributed by atoms with Gasteiger partial charge < -0.3 is 25.0 Å². The van der Waals surface area contributed by atoms with Crippen molar-refractivity contribution >= 4 is 28.3 Å². The van der Waals surface area contributed by atoms with Gasteiger partial charge in [0.1, 0.15) is 16.8 Å². The van der Waals surface area contributed by atoms with Gasteiger partial charge in [0.15, 0.2) is 0 Å². The molecule has 4 rings (SSSR count). The summed E-state index contributed by atoms with van der Waals surface area (Å²) < 4.78 is 10.7. The molecule has 186 valence electrons. The molecule has 3 amide bonds. The SMILES string of the molecule is COc1ccccc1CCC(=O)Nc1sc2c(c1C#N)CCN(C(=O)NCCN1CCOCC1)C2. The van der Waals surface area contributed by atoms with E-state index in [-0.39, 0.29) is 18.4 Å². The third-order valence-electron chi connectivity index (χ3n) is 6.33. The van der Waals surface area contributed by atoms with Crippen LogP contribution in [0.1, 0.15) is 28.0 Å². The van der Waals surface area contributed by atoms with Crippen molar-refractivity contribution in [1.29, 1.82) is 5.26 Å². The van der Waals surface area contributed by atoms with E-state index in [1.54, 1.807) is 12.0 Å². The van der Waals surface area contributed by atoms with Crippen LogP contribution in [0.3, 0.4) is 0 Å². The zero-order chi connectivity index (χ0) is 24.6. The molecule has 35 heavy (non-hydrogen) atoms. The topological polar surface area (TPSA) is 107 Å². The van der Waals surface area contributed by atoms with Crippen LogP contribution >= 0.6 is 11.3 Å². The Morgan fingerprint density at radius 2 is 2.03 bits per heavy atom. The van der Waals surface area contributed by atoms with E-state index >= 15 is 0 Å². The lowest BCUT2D eigenvalue weighted by Gasteiger charge is -2.29. The summed E-state index contributed by atoms with van der Waals surface area (Å²) in [5, 5.41) is 16.2. The molecule has 0 saturated carbocycles. The van der Waals surface area contributed by atoms with E-state index in [4.69, 9.17) is 9.47 Å². The summed E-state index contributed by atoms with van der Waals surface area (Å²) >= 11 is 1.39. The molecule has 10 heteroatoms. The highest BCUT2D eigenvalue weighted by Gasteiger charge is 2.27. The zero-order valence-electron chi connectivity index (χ0n) is 20.0. The quantitative estimate of drug-likeness (QED) is 0.581. The number of thiophene rings is 1. The fourth-order valence-corrected chi connectivity index (χ4v) is 5.62. The van der Waals surface area contributed by atoms with Crippen LogP contribution in [0.15, 0.2) is 24.3 Å². The van der Waals surface area contributed by atoms with Crippen LogP contribution in [0.4, 0.5) is 9.80 Å². The molecule has 0 radical (unpaired) electrons. The van der Waals surface area contributed by atoms with Gasteiger partial charge in [0.25, 0.3) is 0 Å². The second-order valence-electron chi connectivity index (χ2n) is 8.54. The molecular weight excluding hydrogens is 466 g/mol. The number of anilines is 1. The molecule has 3 heterocycles. The first kappa shape index (κ1) is 25.0.